The molecule has 76 valence electrons. The van der Waals surface area contributed by atoms with E-state index in [9.17, 15) is 9.59 Å². The zero-order chi connectivity index (χ0) is 10.6. The predicted octanol–water partition coefficient (Wildman–Crippen LogP) is -0.486. The molecule has 1 atom stereocenters. The number of carbonyl (C=O) groups is 2. The Labute approximate surface area is 77.8 Å². The summed E-state index contributed by atoms with van der Waals surface area (Å²) in [5.74, 6) is 3.94. The first-order valence-corrected chi connectivity index (χ1v) is 4.11. The largest absolute Gasteiger partial charge is 0.369 e. The van der Waals surface area contributed by atoms with E-state index in [0.29, 0.717) is 6.42 Å². The molecule has 0 saturated heterocycles. The lowest BCUT2D eigenvalue weighted by molar-refractivity contribution is -0.129. The Balaban J connectivity index is 4.27. The Hall–Kier alpha value is -1.10. The van der Waals surface area contributed by atoms with Crippen molar-refractivity contribution in [1.29, 1.82) is 0 Å². The molecule has 0 bridgehead atoms. The lowest BCUT2D eigenvalue weighted by atomic mass is 9.82. The second-order valence-electron chi connectivity index (χ2n) is 3.86. The van der Waals surface area contributed by atoms with Crippen molar-refractivity contribution >= 4 is 11.8 Å². The van der Waals surface area contributed by atoms with E-state index in [-0.39, 0.29) is 11.8 Å². The van der Waals surface area contributed by atoms with Crippen LogP contribution >= 0.6 is 0 Å². The van der Waals surface area contributed by atoms with Crippen LogP contribution in [0.3, 0.4) is 0 Å². The molecule has 2 amide bonds. The van der Waals surface area contributed by atoms with Crippen LogP contribution in [0.25, 0.3) is 0 Å². The van der Waals surface area contributed by atoms with Crippen LogP contribution in [-0.2, 0) is 9.59 Å². The van der Waals surface area contributed by atoms with Crippen LogP contribution in [-0.4, -0.2) is 11.8 Å². The van der Waals surface area contributed by atoms with E-state index in [1.54, 1.807) is 20.8 Å². The zero-order valence-corrected chi connectivity index (χ0v) is 8.26. The van der Waals surface area contributed by atoms with E-state index in [2.05, 4.69) is 0 Å². The molecule has 0 saturated carbocycles. The molecular formula is C8H17N3O2. The molecule has 0 spiro atoms. The molecule has 0 aromatic rings. The van der Waals surface area contributed by atoms with Crippen molar-refractivity contribution in [1.82, 2.24) is 5.43 Å². The van der Waals surface area contributed by atoms with Gasteiger partial charge >= 0.3 is 0 Å². The molecule has 0 heterocycles. The Kier molecular flexibility index (Phi) is 3.87. The number of amides is 2. The Bertz CT molecular complexity index is 213. The van der Waals surface area contributed by atoms with Gasteiger partial charge in [0, 0.05) is 11.3 Å². The standard InChI is InChI=1S/C8H17N3O2/c1-5(6(12)11-10)4-8(2,3)7(9)13/h5H,4,10H2,1-3H3,(H2,9,13)(H,11,12). The van der Waals surface area contributed by atoms with Crippen molar-refractivity contribution in [3.63, 3.8) is 0 Å². The molecule has 0 radical (unpaired) electrons. The number of hydrogen-bond donors (Lipinski definition) is 3. The van der Waals surface area contributed by atoms with Crippen molar-refractivity contribution in [3.05, 3.63) is 0 Å². The van der Waals surface area contributed by atoms with E-state index >= 15 is 0 Å². The summed E-state index contributed by atoms with van der Waals surface area (Å²) < 4.78 is 0. The molecule has 0 aliphatic rings. The van der Waals surface area contributed by atoms with Gasteiger partial charge in [-0.25, -0.2) is 5.84 Å². The topological polar surface area (TPSA) is 98.2 Å². The van der Waals surface area contributed by atoms with Crippen LogP contribution in [0.15, 0.2) is 0 Å². The minimum absolute atomic E-state index is 0.283. The molecular weight excluding hydrogens is 170 g/mol. The summed E-state index contributed by atoms with van der Waals surface area (Å²) in [5, 5.41) is 0. The van der Waals surface area contributed by atoms with Crippen LogP contribution in [0.5, 0.6) is 0 Å². The summed E-state index contributed by atoms with van der Waals surface area (Å²) in [5.41, 5.74) is 6.52. The fraction of sp³-hybridized carbons (Fsp3) is 0.750. The summed E-state index contributed by atoms with van der Waals surface area (Å²) in [6, 6.07) is 0. The van der Waals surface area contributed by atoms with Crippen LogP contribution in [0.2, 0.25) is 0 Å². The van der Waals surface area contributed by atoms with Gasteiger partial charge in [0.25, 0.3) is 0 Å². The molecule has 13 heavy (non-hydrogen) atoms. The van der Waals surface area contributed by atoms with Crippen LogP contribution in [0.4, 0.5) is 0 Å². The minimum atomic E-state index is -0.675. The van der Waals surface area contributed by atoms with Gasteiger partial charge in [-0.2, -0.15) is 0 Å². The van der Waals surface area contributed by atoms with Crippen molar-refractivity contribution in [3.8, 4) is 0 Å². The summed E-state index contributed by atoms with van der Waals surface area (Å²) in [6.07, 6.45) is 0.394. The van der Waals surface area contributed by atoms with Gasteiger partial charge in [0.1, 0.15) is 0 Å². The van der Waals surface area contributed by atoms with Gasteiger partial charge in [0.2, 0.25) is 11.8 Å². The summed E-state index contributed by atoms with van der Waals surface area (Å²) in [7, 11) is 0. The van der Waals surface area contributed by atoms with Gasteiger partial charge < -0.3 is 5.73 Å². The second kappa shape index (κ2) is 4.23. The number of hydrogen-bond acceptors (Lipinski definition) is 3. The maximum atomic E-state index is 11.0. The first kappa shape index (κ1) is 11.9. The number of nitrogens with two attached hydrogens (primary N) is 2. The summed E-state index contributed by atoms with van der Waals surface area (Å²) >= 11 is 0. The molecule has 5 nitrogen and oxygen atoms in total. The van der Waals surface area contributed by atoms with Crippen LogP contribution in [0, 0.1) is 11.3 Å². The number of hydrazine groups is 1. The molecule has 0 aromatic carbocycles. The van der Waals surface area contributed by atoms with E-state index in [1.807, 2.05) is 5.43 Å². The summed E-state index contributed by atoms with van der Waals surface area (Å²) in [4.78, 5) is 22.0. The number of rotatable bonds is 4. The minimum Gasteiger partial charge on any atom is -0.369 e. The second-order valence-corrected chi connectivity index (χ2v) is 3.86. The van der Waals surface area contributed by atoms with Crippen molar-refractivity contribution in [2.24, 2.45) is 22.9 Å². The van der Waals surface area contributed by atoms with E-state index < -0.39 is 11.3 Å². The molecule has 0 aliphatic heterocycles. The Morgan fingerprint density at radius 3 is 2.23 bits per heavy atom. The number of nitrogens with one attached hydrogen (secondary N) is 1. The Morgan fingerprint density at radius 1 is 1.46 bits per heavy atom. The van der Waals surface area contributed by atoms with Gasteiger partial charge in [0.05, 0.1) is 0 Å². The molecule has 0 aliphatic carbocycles. The molecule has 1 unspecified atom stereocenters. The maximum absolute atomic E-state index is 11.0. The lowest BCUT2D eigenvalue weighted by Crippen LogP contribution is -2.39. The van der Waals surface area contributed by atoms with Crippen LogP contribution < -0.4 is 17.0 Å². The van der Waals surface area contributed by atoms with Crippen LogP contribution in [0.1, 0.15) is 27.2 Å². The van der Waals surface area contributed by atoms with E-state index in [0.717, 1.165) is 0 Å². The molecule has 0 rings (SSSR count). The smallest absolute Gasteiger partial charge is 0.236 e. The highest BCUT2D eigenvalue weighted by molar-refractivity contribution is 5.82. The monoisotopic (exact) mass is 187 g/mol. The highest BCUT2D eigenvalue weighted by atomic mass is 16.2. The third-order valence-corrected chi connectivity index (χ3v) is 2.07. The van der Waals surface area contributed by atoms with E-state index in [1.165, 1.54) is 0 Å². The average molecular weight is 187 g/mol. The summed E-state index contributed by atoms with van der Waals surface area (Å²) in [6.45, 7) is 5.11. The SMILES string of the molecule is CC(CC(C)(C)C(N)=O)C(=O)NN. The quantitative estimate of drug-likeness (QED) is 0.315. The van der Waals surface area contributed by atoms with Crippen molar-refractivity contribution < 1.29 is 9.59 Å². The number of carbonyl (C=O) groups excluding carboxylic acids is 2. The van der Waals surface area contributed by atoms with Gasteiger partial charge in [-0.15, -0.1) is 0 Å². The van der Waals surface area contributed by atoms with Crippen molar-refractivity contribution in [2.75, 3.05) is 0 Å². The first-order chi connectivity index (χ1) is 5.81. The third-order valence-electron chi connectivity index (χ3n) is 2.07. The molecule has 0 aromatic heterocycles. The molecule has 5 heteroatoms. The zero-order valence-electron chi connectivity index (χ0n) is 8.26. The van der Waals surface area contributed by atoms with Gasteiger partial charge in [-0.1, -0.05) is 20.8 Å². The average Bonchev–Trinajstić information content (AvgIpc) is 2.01. The van der Waals surface area contributed by atoms with Crippen molar-refractivity contribution in [2.45, 2.75) is 27.2 Å². The molecule has 0 fully saturated rings. The van der Waals surface area contributed by atoms with Gasteiger partial charge in [-0.05, 0) is 6.42 Å². The maximum Gasteiger partial charge on any atom is 0.236 e. The highest BCUT2D eigenvalue weighted by Crippen LogP contribution is 2.24. The highest BCUT2D eigenvalue weighted by Gasteiger charge is 2.29. The molecule has 5 N–H and O–H groups in total. The lowest BCUT2D eigenvalue weighted by Gasteiger charge is -2.23. The normalized spacial score (nSPS) is 13.5. The van der Waals surface area contributed by atoms with E-state index in [4.69, 9.17) is 11.6 Å². The number of primary amides is 1. The van der Waals surface area contributed by atoms with Gasteiger partial charge in [-0.3, -0.25) is 15.0 Å². The Morgan fingerprint density at radius 2 is 1.92 bits per heavy atom. The third kappa shape index (κ3) is 3.42. The first-order valence-electron chi connectivity index (χ1n) is 4.11. The fourth-order valence-corrected chi connectivity index (χ4v) is 1.10. The predicted molar refractivity (Wildman–Crippen MR) is 49.1 cm³/mol. The fourth-order valence-electron chi connectivity index (χ4n) is 1.10. The van der Waals surface area contributed by atoms with Gasteiger partial charge in [0.15, 0.2) is 0 Å².